The molecule has 1 atom stereocenters. The van der Waals surface area contributed by atoms with Crippen molar-refractivity contribution in [2.75, 3.05) is 10.6 Å². The van der Waals surface area contributed by atoms with Gasteiger partial charge in [-0.1, -0.05) is 36.2 Å². The third-order valence-corrected chi connectivity index (χ3v) is 3.88. The summed E-state index contributed by atoms with van der Waals surface area (Å²) in [6, 6.07) is 7.66. The van der Waals surface area contributed by atoms with E-state index in [4.69, 9.17) is 23.2 Å². The molecule has 0 amide bonds. The fourth-order valence-corrected chi connectivity index (χ4v) is 2.12. The van der Waals surface area contributed by atoms with Crippen LogP contribution in [0.2, 0.25) is 10.0 Å². The van der Waals surface area contributed by atoms with Crippen LogP contribution in [-0.2, 0) is 0 Å². The van der Waals surface area contributed by atoms with Crippen molar-refractivity contribution in [2.45, 2.75) is 33.2 Å². The third kappa shape index (κ3) is 4.22. The van der Waals surface area contributed by atoms with Gasteiger partial charge in [-0.3, -0.25) is 0 Å². The maximum absolute atomic E-state index is 6.16. The molecular formula is C15H18Cl2N4. The lowest BCUT2D eigenvalue weighted by atomic mass is 10.2. The molecule has 4 nitrogen and oxygen atoms in total. The van der Waals surface area contributed by atoms with E-state index >= 15 is 0 Å². The Labute approximate surface area is 134 Å². The number of rotatable bonds is 5. The average molecular weight is 325 g/mol. The number of aryl methyl sites for hydroxylation is 1. The van der Waals surface area contributed by atoms with Crippen LogP contribution in [-0.4, -0.2) is 16.0 Å². The van der Waals surface area contributed by atoms with Crippen LogP contribution in [0.5, 0.6) is 0 Å². The maximum Gasteiger partial charge on any atom is 0.229 e. The fourth-order valence-electron chi connectivity index (χ4n) is 1.77. The molecule has 1 heterocycles. The summed E-state index contributed by atoms with van der Waals surface area (Å²) in [4.78, 5) is 8.82. The van der Waals surface area contributed by atoms with Crippen LogP contribution in [0.15, 0.2) is 24.3 Å². The van der Waals surface area contributed by atoms with Gasteiger partial charge in [0.15, 0.2) is 0 Å². The highest BCUT2D eigenvalue weighted by atomic mass is 35.5. The van der Waals surface area contributed by atoms with Gasteiger partial charge in [0, 0.05) is 17.8 Å². The Kier molecular flexibility index (Phi) is 5.26. The number of nitrogens with zero attached hydrogens (tertiary/aromatic N) is 2. The van der Waals surface area contributed by atoms with Gasteiger partial charge in [-0.25, -0.2) is 4.98 Å². The maximum atomic E-state index is 6.16. The van der Waals surface area contributed by atoms with Gasteiger partial charge in [0.05, 0.1) is 15.7 Å². The highest BCUT2D eigenvalue weighted by molar-refractivity contribution is 6.43. The highest BCUT2D eigenvalue weighted by Gasteiger charge is 2.08. The van der Waals surface area contributed by atoms with Crippen molar-refractivity contribution in [1.82, 2.24) is 9.97 Å². The summed E-state index contributed by atoms with van der Waals surface area (Å²) in [5, 5.41) is 7.39. The standard InChI is InChI=1S/C15H18Cl2N4/c1-4-9(2)18-13-8-10(3)19-15(21-13)20-12-7-5-6-11(16)14(12)17/h5-9H,4H2,1-3H3,(H2,18,19,20,21). The second-order valence-electron chi connectivity index (χ2n) is 4.90. The number of hydrogen-bond acceptors (Lipinski definition) is 4. The minimum absolute atomic E-state index is 0.349. The van der Waals surface area contributed by atoms with Gasteiger partial charge >= 0.3 is 0 Å². The second-order valence-corrected chi connectivity index (χ2v) is 5.68. The quantitative estimate of drug-likeness (QED) is 0.808. The number of aromatic nitrogens is 2. The van der Waals surface area contributed by atoms with Crippen molar-refractivity contribution in [1.29, 1.82) is 0 Å². The zero-order valence-electron chi connectivity index (χ0n) is 12.2. The molecule has 6 heteroatoms. The number of anilines is 3. The van der Waals surface area contributed by atoms with E-state index in [0.29, 0.717) is 27.7 Å². The van der Waals surface area contributed by atoms with E-state index in [1.54, 1.807) is 6.07 Å². The number of halogens is 2. The van der Waals surface area contributed by atoms with Gasteiger partial charge < -0.3 is 10.6 Å². The zero-order chi connectivity index (χ0) is 15.4. The molecule has 0 aliphatic rings. The van der Waals surface area contributed by atoms with Crippen molar-refractivity contribution >= 4 is 40.7 Å². The molecule has 0 saturated carbocycles. The van der Waals surface area contributed by atoms with Gasteiger partial charge in [-0.15, -0.1) is 0 Å². The van der Waals surface area contributed by atoms with Gasteiger partial charge in [0.25, 0.3) is 0 Å². The summed E-state index contributed by atoms with van der Waals surface area (Å²) in [6.45, 7) is 6.16. The molecule has 0 aliphatic heterocycles. The van der Waals surface area contributed by atoms with Crippen LogP contribution in [0, 0.1) is 6.92 Å². The Morgan fingerprint density at radius 3 is 2.71 bits per heavy atom. The van der Waals surface area contributed by atoms with E-state index in [9.17, 15) is 0 Å². The first kappa shape index (κ1) is 15.9. The Morgan fingerprint density at radius 2 is 2.00 bits per heavy atom. The van der Waals surface area contributed by atoms with Crippen LogP contribution in [0.1, 0.15) is 26.0 Å². The monoisotopic (exact) mass is 324 g/mol. The topological polar surface area (TPSA) is 49.8 Å². The van der Waals surface area contributed by atoms with E-state index < -0.39 is 0 Å². The molecule has 0 saturated heterocycles. The molecule has 1 unspecified atom stereocenters. The third-order valence-electron chi connectivity index (χ3n) is 3.06. The van der Waals surface area contributed by atoms with Crippen molar-refractivity contribution < 1.29 is 0 Å². The van der Waals surface area contributed by atoms with Crippen LogP contribution >= 0.6 is 23.2 Å². The lowest BCUT2D eigenvalue weighted by Crippen LogP contribution is -2.15. The molecule has 2 aromatic rings. The Morgan fingerprint density at radius 1 is 1.24 bits per heavy atom. The molecule has 2 N–H and O–H groups in total. The first-order valence-corrected chi connectivity index (χ1v) is 7.58. The Bertz CT molecular complexity index is 631. The predicted molar refractivity (Wildman–Crippen MR) is 89.9 cm³/mol. The molecule has 0 aliphatic carbocycles. The van der Waals surface area contributed by atoms with E-state index in [-0.39, 0.29) is 0 Å². The smallest absolute Gasteiger partial charge is 0.229 e. The molecule has 1 aromatic carbocycles. The summed E-state index contributed by atoms with van der Waals surface area (Å²) in [5.74, 6) is 1.28. The van der Waals surface area contributed by atoms with Crippen LogP contribution in [0.4, 0.5) is 17.5 Å². The van der Waals surface area contributed by atoms with E-state index in [1.165, 1.54) is 0 Å². The molecule has 0 bridgehead atoms. The molecule has 0 fully saturated rings. The van der Waals surface area contributed by atoms with E-state index in [0.717, 1.165) is 17.9 Å². The summed E-state index contributed by atoms with van der Waals surface area (Å²) in [5.41, 5.74) is 1.56. The zero-order valence-corrected chi connectivity index (χ0v) is 13.8. The number of benzene rings is 1. The first-order valence-electron chi connectivity index (χ1n) is 6.83. The fraction of sp³-hybridized carbons (Fsp3) is 0.333. The van der Waals surface area contributed by atoms with Gasteiger partial charge in [0.1, 0.15) is 5.82 Å². The van der Waals surface area contributed by atoms with Crippen molar-refractivity contribution in [3.05, 3.63) is 40.0 Å². The largest absolute Gasteiger partial charge is 0.367 e. The average Bonchev–Trinajstić information content (AvgIpc) is 2.43. The predicted octanol–water partition coefficient (Wildman–Crippen LogP) is 5.05. The highest BCUT2D eigenvalue weighted by Crippen LogP contribution is 2.31. The van der Waals surface area contributed by atoms with Crippen molar-refractivity contribution in [3.63, 3.8) is 0 Å². The van der Waals surface area contributed by atoms with Gasteiger partial charge in [-0.2, -0.15) is 4.98 Å². The van der Waals surface area contributed by atoms with Gasteiger partial charge in [0.2, 0.25) is 5.95 Å². The Balaban J connectivity index is 2.25. The van der Waals surface area contributed by atoms with E-state index in [2.05, 4.69) is 34.4 Å². The summed E-state index contributed by atoms with van der Waals surface area (Å²) < 4.78 is 0. The molecule has 21 heavy (non-hydrogen) atoms. The number of hydrogen-bond donors (Lipinski definition) is 2. The molecule has 0 spiro atoms. The summed E-state index contributed by atoms with van der Waals surface area (Å²) in [6.07, 6.45) is 1.02. The molecular weight excluding hydrogens is 307 g/mol. The van der Waals surface area contributed by atoms with Crippen LogP contribution < -0.4 is 10.6 Å². The normalized spacial score (nSPS) is 12.0. The number of nitrogens with one attached hydrogen (secondary N) is 2. The second kappa shape index (κ2) is 6.96. The first-order chi connectivity index (χ1) is 9.99. The SMILES string of the molecule is CCC(C)Nc1cc(C)nc(Nc2cccc(Cl)c2Cl)n1. The van der Waals surface area contributed by atoms with Crippen molar-refractivity contribution in [3.8, 4) is 0 Å². The lowest BCUT2D eigenvalue weighted by molar-refractivity contribution is 0.758. The molecule has 2 rings (SSSR count). The van der Waals surface area contributed by atoms with E-state index in [1.807, 2.05) is 25.1 Å². The molecule has 0 radical (unpaired) electrons. The van der Waals surface area contributed by atoms with Gasteiger partial charge in [-0.05, 0) is 32.4 Å². The minimum Gasteiger partial charge on any atom is -0.367 e. The molecule has 112 valence electrons. The minimum atomic E-state index is 0.349. The Hall–Kier alpha value is -1.52. The van der Waals surface area contributed by atoms with Crippen molar-refractivity contribution in [2.24, 2.45) is 0 Å². The van der Waals surface area contributed by atoms with Crippen LogP contribution in [0.25, 0.3) is 0 Å². The van der Waals surface area contributed by atoms with Crippen LogP contribution in [0.3, 0.4) is 0 Å². The lowest BCUT2D eigenvalue weighted by Gasteiger charge is -2.14. The summed E-state index contributed by atoms with van der Waals surface area (Å²) >= 11 is 12.2. The molecule has 1 aromatic heterocycles. The summed E-state index contributed by atoms with van der Waals surface area (Å²) in [7, 11) is 0.